The van der Waals surface area contributed by atoms with Crippen molar-refractivity contribution in [2.45, 2.75) is 27.2 Å². The van der Waals surface area contributed by atoms with E-state index in [1.165, 1.54) is 11.1 Å². The Hall–Kier alpha value is -4.10. The summed E-state index contributed by atoms with van der Waals surface area (Å²) in [6, 6.07) is 29.8. The summed E-state index contributed by atoms with van der Waals surface area (Å²) >= 11 is 0. The molecule has 178 valence electrons. The van der Waals surface area contributed by atoms with Crippen molar-refractivity contribution in [2.24, 2.45) is 0 Å². The van der Waals surface area contributed by atoms with E-state index in [1.54, 1.807) is 6.08 Å². The highest BCUT2D eigenvalue weighted by Gasteiger charge is 2.13. The largest absolute Gasteiger partial charge is 0.311 e. The molecule has 0 aromatic heterocycles. The van der Waals surface area contributed by atoms with Crippen molar-refractivity contribution >= 4 is 11.4 Å². The number of rotatable bonds is 6. The fourth-order valence-corrected chi connectivity index (χ4v) is 3.43. The molecule has 0 fully saturated rings. The molecule has 1 nitrogen and oxygen atoms in total. The molecular formula is C34H37N. The van der Waals surface area contributed by atoms with Crippen LogP contribution in [-0.2, 0) is 0 Å². The van der Waals surface area contributed by atoms with Crippen molar-refractivity contribution < 1.29 is 0 Å². The molecular weight excluding hydrogens is 422 g/mol. The number of anilines is 2. The molecule has 0 spiro atoms. The van der Waals surface area contributed by atoms with Crippen molar-refractivity contribution in [1.82, 2.24) is 0 Å². The minimum atomic E-state index is 0.968. The number of para-hydroxylation sites is 1. The Kier molecular flexibility index (Phi) is 12.8. The number of hydrogen-bond donors (Lipinski definition) is 0. The van der Waals surface area contributed by atoms with Crippen LogP contribution in [0.25, 0.3) is 11.1 Å². The molecule has 0 N–H and O–H groups in total. The Balaban J connectivity index is 0.000000416. The molecule has 0 heterocycles. The second kappa shape index (κ2) is 16.5. The average Bonchev–Trinajstić information content (AvgIpc) is 3.22. The van der Waals surface area contributed by atoms with Gasteiger partial charge in [0.1, 0.15) is 0 Å². The van der Waals surface area contributed by atoms with Crippen molar-refractivity contribution in [2.75, 3.05) is 4.90 Å². The maximum absolute atomic E-state index is 3.51. The first-order valence-electron chi connectivity index (χ1n) is 12.3. The van der Waals surface area contributed by atoms with Gasteiger partial charge in [0, 0.05) is 17.1 Å². The highest BCUT2D eigenvalue weighted by Crippen LogP contribution is 2.32. The summed E-state index contributed by atoms with van der Waals surface area (Å²) in [4.78, 5) is 2.29. The molecule has 0 saturated carbocycles. The Morgan fingerprint density at radius 2 is 1.29 bits per heavy atom. The standard InChI is InChI=1S/C25H21N.C7H10.C2H6/c1-2-8-14-23(13-7-1)26(24-15-9-4-10-16-24)25-19-17-22(18-20-25)21-11-5-3-6-12-21;1-3-5-7-6-4-2;1-2/h1,3-20H,2H2;3-7H,1H2,2H3;1-2H3/b;6-4-,7-5-;. The van der Waals surface area contributed by atoms with Gasteiger partial charge in [-0.3, -0.25) is 0 Å². The van der Waals surface area contributed by atoms with Gasteiger partial charge in [0.15, 0.2) is 0 Å². The summed E-state index contributed by atoms with van der Waals surface area (Å²) in [5.41, 5.74) is 5.94. The molecule has 0 atom stereocenters. The van der Waals surface area contributed by atoms with E-state index in [0.29, 0.717) is 0 Å². The Morgan fingerprint density at radius 3 is 1.91 bits per heavy atom. The molecule has 0 radical (unpaired) electrons. The highest BCUT2D eigenvalue weighted by molar-refractivity contribution is 5.73. The van der Waals surface area contributed by atoms with Gasteiger partial charge in [0.2, 0.25) is 0 Å². The highest BCUT2D eigenvalue weighted by atomic mass is 15.1. The van der Waals surface area contributed by atoms with Gasteiger partial charge in [0.25, 0.3) is 0 Å². The molecule has 35 heavy (non-hydrogen) atoms. The molecule has 1 heteroatoms. The van der Waals surface area contributed by atoms with Crippen molar-refractivity contribution in [3.05, 3.63) is 158 Å². The van der Waals surface area contributed by atoms with E-state index in [2.05, 4.69) is 121 Å². The predicted octanol–water partition coefficient (Wildman–Crippen LogP) is 10.2. The Labute approximate surface area is 212 Å². The quantitative estimate of drug-likeness (QED) is 0.331. The van der Waals surface area contributed by atoms with Gasteiger partial charge in [0.05, 0.1) is 0 Å². The summed E-state index contributed by atoms with van der Waals surface area (Å²) in [7, 11) is 0. The molecule has 1 aliphatic carbocycles. The minimum Gasteiger partial charge on any atom is -0.311 e. The van der Waals surface area contributed by atoms with Crippen molar-refractivity contribution in [3.63, 3.8) is 0 Å². The second-order valence-electron chi connectivity index (χ2n) is 7.39. The van der Waals surface area contributed by atoms with Gasteiger partial charge in [-0.15, -0.1) is 0 Å². The average molecular weight is 460 g/mol. The van der Waals surface area contributed by atoms with Gasteiger partial charge in [-0.2, -0.15) is 0 Å². The molecule has 0 saturated heterocycles. The van der Waals surface area contributed by atoms with Gasteiger partial charge in [-0.1, -0.05) is 130 Å². The van der Waals surface area contributed by atoms with E-state index in [1.807, 2.05) is 51.1 Å². The van der Waals surface area contributed by atoms with E-state index in [4.69, 9.17) is 0 Å². The lowest BCUT2D eigenvalue weighted by Crippen LogP contribution is -2.14. The van der Waals surface area contributed by atoms with Crippen LogP contribution in [0.2, 0.25) is 0 Å². The molecule has 1 aliphatic rings. The molecule has 0 amide bonds. The zero-order valence-corrected chi connectivity index (χ0v) is 21.2. The molecule has 0 aliphatic heterocycles. The van der Waals surface area contributed by atoms with Crippen LogP contribution >= 0.6 is 0 Å². The van der Waals surface area contributed by atoms with Gasteiger partial charge < -0.3 is 4.90 Å². The SMILES string of the molecule is C1=CCC=CC(N(c2ccccc2)c2ccc(-c3ccccc3)cc2)=C1.C=C/C=C\C=C/C.CC. The lowest BCUT2D eigenvalue weighted by Gasteiger charge is -2.26. The van der Waals surface area contributed by atoms with E-state index in [9.17, 15) is 0 Å². The van der Waals surface area contributed by atoms with E-state index in [0.717, 1.165) is 23.5 Å². The van der Waals surface area contributed by atoms with Crippen LogP contribution in [0.3, 0.4) is 0 Å². The first kappa shape index (κ1) is 27.1. The third kappa shape index (κ3) is 8.98. The summed E-state index contributed by atoms with van der Waals surface area (Å²) in [6.07, 6.45) is 21.3. The lowest BCUT2D eigenvalue weighted by atomic mass is 10.0. The van der Waals surface area contributed by atoms with Crippen LogP contribution in [-0.4, -0.2) is 0 Å². The Bertz CT molecular complexity index is 1130. The molecule has 3 aromatic carbocycles. The van der Waals surface area contributed by atoms with E-state index in [-0.39, 0.29) is 0 Å². The van der Waals surface area contributed by atoms with E-state index < -0.39 is 0 Å². The number of benzene rings is 3. The van der Waals surface area contributed by atoms with E-state index >= 15 is 0 Å². The maximum Gasteiger partial charge on any atom is 0.0462 e. The van der Waals surface area contributed by atoms with Crippen LogP contribution in [0.5, 0.6) is 0 Å². The number of hydrogen-bond acceptors (Lipinski definition) is 1. The summed E-state index contributed by atoms with van der Waals surface area (Å²) < 4.78 is 0. The first-order chi connectivity index (χ1) is 17.3. The van der Waals surface area contributed by atoms with Crippen LogP contribution < -0.4 is 4.90 Å². The summed E-state index contributed by atoms with van der Waals surface area (Å²) in [6.45, 7) is 9.49. The van der Waals surface area contributed by atoms with Crippen molar-refractivity contribution in [3.8, 4) is 11.1 Å². The zero-order chi connectivity index (χ0) is 25.1. The van der Waals surface area contributed by atoms with Crippen LogP contribution in [0.15, 0.2) is 158 Å². The summed E-state index contributed by atoms with van der Waals surface area (Å²) in [5, 5.41) is 0. The fourth-order valence-electron chi connectivity index (χ4n) is 3.43. The smallest absolute Gasteiger partial charge is 0.0462 e. The normalized spacial score (nSPS) is 12.1. The third-order valence-corrected chi connectivity index (χ3v) is 5.02. The van der Waals surface area contributed by atoms with Crippen LogP contribution in [0, 0.1) is 0 Å². The molecule has 3 aromatic rings. The van der Waals surface area contributed by atoms with Gasteiger partial charge in [-0.05, 0) is 60.9 Å². The van der Waals surface area contributed by atoms with Crippen molar-refractivity contribution in [1.29, 1.82) is 0 Å². The second-order valence-corrected chi connectivity index (χ2v) is 7.39. The number of allylic oxidation sites excluding steroid dienone is 10. The predicted molar refractivity (Wildman–Crippen MR) is 157 cm³/mol. The zero-order valence-electron chi connectivity index (χ0n) is 21.2. The monoisotopic (exact) mass is 459 g/mol. The molecule has 0 unspecified atom stereocenters. The first-order valence-corrected chi connectivity index (χ1v) is 12.3. The third-order valence-electron chi connectivity index (χ3n) is 5.02. The molecule has 0 bridgehead atoms. The summed E-state index contributed by atoms with van der Waals surface area (Å²) in [5.74, 6) is 0. The van der Waals surface area contributed by atoms with Gasteiger partial charge >= 0.3 is 0 Å². The Morgan fingerprint density at radius 1 is 0.686 bits per heavy atom. The number of nitrogens with zero attached hydrogens (tertiary/aromatic N) is 1. The maximum atomic E-state index is 3.51. The van der Waals surface area contributed by atoms with Gasteiger partial charge in [-0.25, -0.2) is 0 Å². The minimum absolute atomic E-state index is 0.968. The molecule has 4 rings (SSSR count). The van der Waals surface area contributed by atoms with Crippen LogP contribution in [0.1, 0.15) is 27.2 Å². The lowest BCUT2D eigenvalue weighted by molar-refractivity contribution is 1.21. The van der Waals surface area contributed by atoms with Crippen LogP contribution in [0.4, 0.5) is 11.4 Å². The topological polar surface area (TPSA) is 3.24 Å². The fraction of sp³-hybridized carbons (Fsp3) is 0.118.